The summed E-state index contributed by atoms with van der Waals surface area (Å²) in [4.78, 5) is 2.49. The molecular formula is C53H46N2. The predicted molar refractivity (Wildman–Crippen MR) is 234 cm³/mol. The van der Waals surface area contributed by atoms with Crippen molar-refractivity contribution < 1.29 is 0 Å². The summed E-state index contributed by atoms with van der Waals surface area (Å²) in [5.74, 6) is 1.17. The Morgan fingerprint density at radius 2 is 1.35 bits per heavy atom. The first kappa shape index (κ1) is 33.4. The molecule has 2 nitrogen and oxygen atoms in total. The van der Waals surface area contributed by atoms with E-state index in [-0.39, 0.29) is 5.41 Å². The smallest absolute Gasteiger partial charge is 0.0541 e. The van der Waals surface area contributed by atoms with E-state index in [1.807, 2.05) is 0 Å². The van der Waals surface area contributed by atoms with E-state index in [0.717, 1.165) is 6.42 Å². The average Bonchev–Trinajstić information content (AvgIpc) is 3.67. The molecule has 1 aromatic heterocycles. The molecule has 2 heteroatoms. The number of nitrogens with zero attached hydrogens (tertiary/aromatic N) is 2. The summed E-state index contributed by atoms with van der Waals surface area (Å²) in [5, 5.41) is 2.56. The van der Waals surface area contributed by atoms with Crippen LogP contribution in [0.2, 0.25) is 0 Å². The Kier molecular flexibility index (Phi) is 7.92. The van der Waals surface area contributed by atoms with Gasteiger partial charge in [-0.05, 0) is 106 Å². The van der Waals surface area contributed by atoms with Crippen LogP contribution >= 0.6 is 0 Å². The zero-order valence-corrected chi connectivity index (χ0v) is 32.1. The van der Waals surface area contributed by atoms with E-state index in [0.29, 0.717) is 17.8 Å². The molecule has 7 aromatic rings. The Morgan fingerprint density at radius 3 is 2.16 bits per heavy atom. The van der Waals surface area contributed by atoms with Gasteiger partial charge in [-0.15, -0.1) is 0 Å². The molecule has 3 unspecified atom stereocenters. The number of fused-ring (bicyclic) bond motifs is 6. The van der Waals surface area contributed by atoms with E-state index >= 15 is 0 Å². The first-order valence-corrected chi connectivity index (χ1v) is 19.9. The molecule has 0 amide bonds. The van der Waals surface area contributed by atoms with Gasteiger partial charge in [0.1, 0.15) is 0 Å². The van der Waals surface area contributed by atoms with Gasteiger partial charge in [-0.2, -0.15) is 0 Å². The Hall–Kier alpha value is -6.12. The van der Waals surface area contributed by atoms with Crippen molar-refractivity contribution in [3.8, 4) is 22.3 Å². The first-order chi connectivity index (χ1) is 26.9. The molecule has 0 radical (unpaired) electrons. The fraction of sp³-hybridized carbons (Fsp3) is 0.170. The van der Waals surface area contributed by atoms with Crippen LogP contribution in [-0.2, 0) is 5.41 Å². The SMILES string of the molecule is CC1CC=CC=C1N(c1ccc(-c2ccc3c(c2)c2ccccc2n3C2=CC(C)C(c3ccccc3)C=C2)cc1)c1ccc2c(c1)C(C)(C)c1ccccc1-2. The van der Waals surface area contributed by atoms with E-state index in [2.05, 4.69) is 213 Å². The van der Waals surface area contributed by atoms with Gasteiger partial charge in [0.15, 0.2) is 0 Å². The van der Waals surface area contributed by atoms with Crippen molar-refractivity contribution in [1.82, 2.24) is 4.57 Å². The van der Waals surface area contributed by atoms with Gasteiger partial charge >= 0.3 is 0 Å². The van der Waals surface area contributed by atoms with Gasteiger partial charge in [0, 0.05) is 50.8 Å². The van der Waals surface area contributed by atoms with E-state index in [1.165, 1.54) is 83.5 Å². The number of para-hydroxylation sites is 1. The molecule has 268 valence electrons. The number of hydrogen-bond donors (Lipinski definition) is 0. The summed E-state index contributed by atoms with van der Waals surface area (Å²) in [6.07, 6.45) is 15.0. The maximum atomic E-state index is 2.49. The first-order valence-electron chi connectivity index (χ1n) is 19.9. The lowest BCUT2D eigenvalue weighted by Crippen LogP contribution is -2.23. The Morgan fingerprint density at radius 1 is 0.636 bits per heavy atom. The largest absolute Gasteiger partial charge is 0.314 e. The van der Waals surface area contributed by atoms with Gasteiger partial charge in [-0.1, -0.05) is 149 Å². The topological polar surface area (TPSA) is 8.17 Å². The van der Waals surface area contributed by atoms with Crippen molar-refractivity contribution >= 4 is 38.9 Å². The number of hydrogen-bond acceptors (Lipinski definition) is 1. The fourth-order valence-corrected chi connectivity index (χ4v) is 9.59. The monoisotopic (exact) mass is 710 g/mol. The Balaban J connectivity index is 1.02. The van der Waals surface area contributed by atoms with Crippen LogP contribution in [-0.4, -0.2) is 4.57 Å². The van der Waals surface area contributed by atoms with Crippen molar-refractivity contribution in [1.29, 1.82) is 0 Å². The molecule has 3 atom stereocenters. The maximum Gasteiger partial charge on any atom is 0.0541 e. The zero-order chi connectivity index (χ0) is 37.3. The fourth-order valence-electron chi connectivity index (χ4n) is 9.59. The van der Waals surface area contributed by atoms with E-state index < -0.39 is 0 Å². The lowest BCUT2D eigenvalue weighted by molar-refractivity contribution is 0.635. The highest BCUT2D eigenvalue weighted by Gasteiger charge is 2.36. The van der Waals surface area contributed by atoms with Crippen LogP contribution in [0.25, 0.3) is 49.8 Å². The second-order valence-electron chi connectivity index (χ2n) is 16.3. The summed E-state index contributed by atoms with van der Waals surface area (Å²) in [6.45, 7) is 9.41. The second kappa shape index (κ2) is 13.0. The highest BCUT2D eigenvalue weighted by Crippen LogP contribution is 2.50. The van der Waals surface area contributed by atoms with Crippen LogP contribution in [0.1, 0.15) is 56.7 Å². The molecule has 0 spiro atoms. The van der Waals surface area contributed by atoms with E-state index in [1.54, 1.807) is 0 Å². The molecular weight excluding hydrogens is 665 g/mol. The second-order valence-corrected chi connectivity index (χ2v) is 16.3. The average molecular weight is 711 g/mol. The van der Waals surface area contributed by atoms with Gasteiger partial charge in [-0.3, -0.25) is 0 Å². The van der Waals surface area contributed by atoms with E-state index in [9.17, 15) is 0 Å². The quantitative estimate of drug-likeness (QED) is 0.167. The summed E-state index contributed by atoms with van der Waals surface area (Å²) < 4.78 is 2.45. The summed E-state index contributed by atoms with van der Waals surface area (Å²) in [7, 11) is 0. The maximum absolute atomic E-state index is 2.49. The van der Waals surface area contributed by atoms with Crippen LogP contribution in [0.3, 0.4) is 0 Å². The number of rotatable bonds is 6. The van der Waals surface area contributed by atoms with Crippen molar-refractivity contribution in [3.63, 3.8) is 0 Å². The van der Waals surface area contributed by atoms with Crippen LogP contribution in [0.15, 0.2) is 182 Å². The molecule has 0 saturated carbocycles. The lowest BCUT2D eigenvalue weighted by atomic mass is 9.82. The molecule has 0 bridgehead atoms. The van der Waals surface area contributed by atoms with Crippen molar-refractivity contribution in [2.24, 2.45) is 11.8 Å². The van der Waals surface area contributed by atoms with Gasteiger partial charge in [0.05, 0.1) is 11.0 Å². The van der Waals surface area contributed by atoms with Gasteiger partial charge < -0.3 is 9.47 Å². The molecule has 6 aromatic carbocycles. The van der Waals surface area contributed by atoms with Crippen molar-refractivity contribution in [2.45, 2.75) is 45.4 Å². The third kappa shape index (κ3) is 5.46. The third-order valence-electron chi connectivity index (χ3n) is 12.5. The molecule has 0 aliphatic heterocycles. The standard InChI is InChI=1S/C53H46N2/c1-35-14-8-12-20-50(35)54(42-28-30-45-44-17-9-11-19-48(44)53(3,4)49(45)34-42)40-25-22-37(23-26-40)39-24-31-52-47(33-39)46-18-10-13-21-51(46)55(52)41-27-29-43(36(2)32-41)38-15-6-5-7-16-38/h5-13,15-36,43H,14H2,1-4H3. The minimum Gasteiger partial charge on any atom is -0.314 e. The van der Waals surface area contributed by atoms with Gasteiger partial charge in [0.25, 0.3) is 0 Å². The minimum absolute atomic E-state index is 0.0572. The Bertz CT molecular complexity index is 2730. The lowest BCUT2D eigenvalue weighted by Gasteiger charge is -2.33. The molecule has 3 aliphatic carbocycles. The molecule has 0 N–H and O–H groups in total. The summed E-state index contributed by atoms with van der Waals surface area (Å²) in [6, 6.07) is 52.0. The highest BCUT2D eigenvalue weighted by molar-refractivity contribution is 6.11. The zero-order valence-electron chi connectivity index (χ0n) is 32.1. The summed E-state index contributed by atoms with van der Waals surface area (Å²) in [5.41, 5.74) is 16.7. The molecule has 10 rings (SSSR count). The molecule has 55 heavy (non-hydrogen) atoms. The molecule has 0 fully saturated rings. The normalized spacial score (nSPS) is 19.6. The molecule has 1 heterocycles. The number of anilines is 2. The van der Waals surface area contributed by atoms with Gasteiger partial charge in [-0.25, -0.2) is 0 Å². The van der Waals surface area contributed by atoms with Crippen LogP contribution in [0.4, 0.5) is 11.4 Å². The van der Waals surface area contributed by atoms with Gasteiger partial charge in [0.2, 0.25) is 0 Å². The van der Waals surface area contributed by atoms with Crippen molar-refractivity contribution in [2.75, 3.05) is 4.90 Å². The molecule has 3 aliphatic rings. The highest BCUT2D eigenvalue weighted by atomic mass is 15.2. The summed E-state index contributed by atoms with van der Waals surface area (Å²) >= 11 is 0. The van der Waals surface area contributed by atoms with Crippen LogP contribution < -0.4 is 4.90 Å². The predicted octanol–water partition coefficient (Wildman–Crippen LogP) is 14.2. The minimum atomic E-state index is -0.0572. The molecule has 0 saturated heterocycles. The number of allylic oxidation sites excluding steroid dienone is 8. The van der Waals surface area contributed by atoms with Crippen LogP contribution in [0, 0.1) is 11.8 Å². The number of benzene rings is 6. The third-order valence-corrected chi connectivity index (χ3v) is 12.5. The Labute approximate surface area is 325 Å². The van der Waals surface area contributed by atoms with E-state index in [4.69, 9.17) is 0 Å². The van der Waals surface area contributed by atoms with Crippen molar-refractivity contribution in [3.05, 3.63) is 198 Å². The number of aromatic nitrogens is 1. The van der Waals surface area contributed by atoms with Crippen LogP contribution in [0.5, 0.6) is 0 Å².